The van der Waals surface area contributed by atoms with Gasteiger partial charge in [0.15, 0.2) is 0 Å². The molecule has 0 unspecified atom stereocenters. The van der Waals surface area contributed by atoms with Gasteiger partial charge in [0.2, 0.25) is 0 Å². The molecule has 2 aromatic carbocycles. The first-order chi connectivity index (χ1) is 9.13. The van der Waals surface area contributed by atoms with Crippen molar-refractivity contribution in [3.8, 4) is 0 Å². The van der Waals surface area contributed by atoms with Gasteiger partial charge in [0.05, 0.1) is 5.56 Å². The van der Waals surface area contributed by atoms with E-state index in [9.17, 15) is 13.6 Å². The van der Waals surface area contributed by atoms with Crippen LogP contribution in [0, 0.1) is 11.6 Å². The van der Waals surface area contributed by atoms with Crippen molar-refractivity contribution in [3.63, 3.8) is 0 Å². The molecule has 0 radical (unpaired) electrons. The van der Waals surface area contributed by atoms with Crippen molar-refractivity contribution in [1.29, 1.82) is 0 Å². The number of nitrogens with one attached hydrogen (secondary N) is 1. The molecular formula is C14H11F2NOS. The van der Waals surface area contributed by atoms with Gasteiger partial charge in [-0.1, -0.05) is 18.2 Å². The van der Waals surface area contributed by atoms with Crippen LogP contribution in [0.4, 0.5) is 14.5 Å². The SMILES string of the molecule is CSc1ccccc1C(=O)Nc1c(F)cccc1F. The highest BCUT2D eigenvalue weighted by molar-refractivity contribution is 7.98. The molecule has 0 aliphatic carbocycles. The van der Waals surface area contributed by atoms with Gasteiger partial charge in [0, 0.05) is 4.90 Å². The summed E-state index contributed by atoms with van der Waals surface area (Å²) >= 11 is 1.39. The third-order valence-electron chi connectivity index (χ3n) is 2.55. The van der Waals surface area contributed by atoms with Crippen molar-refractivity contribution in [2.75, 3.05) is 11.6 Å². The Balaban J connectivity index is 2.31. The topological polar surface area (TPSA) is 29.1 Å². The second-order valence-electron chi connectivity index (χ2n) is 3.75. The summed E-state index contributed by atoms with van der Waals surface area (Å²) in [6.07, 6.45) is 1.83. The summed E-state index contributed by atoms with van der Waals surface area (Å²) in [5.74, 6) is -2.13. The molecule has 2 nitrogen and oxygen atoms in total. The number of rotatable bonds is 3. The summed E-state index contributed by atoms with van der Waals surface area (Å²) in [5.41, 5.74) is -0.0407. The van der Waals surface area contributed by atoms with Crippen LogP contribution < -0.4 is 5.32 Å². The van der Waals surface area contributed by atoms with E-state index in [1.165, 1.54) is 17.8 Å². The van der Waals surface area contributed by atoms with E-state index in [1.54, 1.807) is 24.3 Å². The van der Waals surface area contributed by atoms with Gasteiger partial charge in [0.25, 0.3) is 5.91 Å². The van der Waals surface area contributed by atoms with Crippen LogP contribution in [0.15, 0.2) is 47.4 Å². The monoisotopic (exact) mass is 279 g/mol. The zero-order valence-electron chi connectivity index (χ0n) is 10.1. The highest BCUT2D eigenvalue weighted by Gasteiger charge is 2.15. The molecule has 0 saturated heterocycles. The molecule has 0 aliphatic rings. The molecule has 0 heterocycles. The molecule has 2 rings (SSSR count). The van der Waals surface area contributed by atoms with E-state index in [0.717, 1.165) is 17.0 Å². The van der Waals surface area contributed by atoms with Gasteiger partial charge in [-0.05, 0) is 30.5 Å². The summed E-state index contributed by atoms with van der Waals surface area (Å²) in [7, 11) is 0. The smallest absolute Gasteiger partial charge is 0.256 e. The van der Waals surface area contributed by atoms with Gasteiger partial charge in [0.1, 0.15) is 17.3 Å². The lowest BCUT2D eigenvalue weighted by Gasteiger charge is -2.09. The van der Waals surface area contributed by atoms with Crippen molar-refractivity contribution in [1.82, 2.24) is 0 Å². The van der Waals surface area contributed by atoms with Crippen LogP contribution in [0.1, 0.15) is 10.4 Å². The van der Waals surface area contributed by atoms with Gasteiger partial charge in [-0.3, -0.25) is 4.79 Å². The first kappa shape index (κ1) is 13.5. The summed E-state index contributed by atoms with van der Waals surface area (Å²) in [4.78, 5) is 12.8. The predicted molar refractivity (Wildman–Crippen MR) is 72.5 cm³/mol. The molecule has 0 aromatic heterocycles. The summed E-state index contributed by atoms with van der Waals surface area (Å²) in [6, 6.07) is 10.3. The van der Waals surface area contributed by atoms with Crippen molar-refractivity contribution < 1.29 is 13.6 Å². The fraction of sp³-hybridized carbons (Fsp3) is 0.0714. The summed E-state index contributed by atoms with van der Waals surface area (Å²) in [6.45, 7) is 0. The number of carbonyl (C=O) groups excluding carboxylic acids is 1. The molecule has 0 atom stereocenters. The molecule has 98 valence electrons. The molecule has 0 aliphatic heterocycles. The van der Waals surface area contributed by atoms with Crippen LogP contribution in [-0.4, -0.2) is 12.2 Å². The lowest BCUT2D eigenvalue weighted by Crippen LogP contribution is -2.15. The number of para-hydroxylation sites is 1. The maximum atomic E-state index is 13.4. The van der Waals surface area contributed by atoms with E-state index in [-0.39, 0.29) is 0 Å². The largest absolute Gasteiger partial charge is 0.317 e. The van der Waals surface area contributed by atoms with Gasteiger partial charge in [-0.15, -0.1) is 11.8 Å². The lowest BCUT2D eigenvalue weighted by atomic mass is 10.2. The highest BCUT2D eigenvalue weighted by atomic mass is 32.2. The minimum absolute atomic E-state index is 0.387. The molecule has 0 saturated carbocycles. The van der Waals surface area contributed by atoms with Gasteiger partial charge in [-0.25, -0.2) is 8.78 Å². The van der Waals surface area contributed by atoms with Crippen molar-refractivity contribution in [3.05, 3.63) is 59.7 Å². The Kier molecular flexibility index (Phi) is 4.16. The number of halogens is 2. The molecule has 1 N–H and O–H groups in total. The standard InChI is InChI=1S/C14H11F2NOS/c1-19-12-8-3-2-5-9(12)14(18)17-13-10(15)6-4-7-11(13)16/h2-8H,1H3,(H,17,18). The fourth-order valence-electron chi connectivity index (χ4n) is 1.63. The van der Waals surface area contributed by atoms with Crippen LogP contribution in [0.5, 0.6) is 0 Å². The Morgan fingerprint density at radius 1 is 1.05 bits per heavy atom. The highest BCUT2D eigenvalue weighted by Crippen LogP contribution is 2.23. The first-order valence-corrected chi connectivity index (χ1v) is 6.74. The average Bonchev–Trinajstić information content (AvgIpc) is 2.42. The number of hydrogen-bond donors (Lipinski definition) is 1. The van der Waals surface area contributed by atoms with E-state index in [0.29, 0.717) is 5.56 Å². The molecule has 0 fully saturated rings. The first-order valence-electron chi connectivity index (χ1n) is 5.52. The van der Waals surface area contributed by atoms with Crippen molar-refractivity contribution >= 4 is 23.4 Å². The number of amides is 1. The van der Waals surface area contributed by atoms with Crippen LogP contribution >= 0.6 is 11.8 Å². The fourth-order valence-corrected chi connectivity index (χ4v) is 2.23. The second kappa shape index (κ2) is 5.84. The number of thioether (sulfide) groups is 1. The van der Waals surface area contributed by atoms with Crippen LogP contribution in [0.3, 0.4) is 0 Å². The molecular weight excluding hydrogens is 268 g/mol. The maximum absolute atomic E-state index is 13.4. The van der Waals surface area contributed by atoms with Gasteiger partial charge >= 0.3 is 0 Å². The predicted octanol–water partition coefficient (Wildman–Crippen LogP) is 3.94. The number of carbonyl (C=O) groups is 1. The quantitative estimate of drug-likeness (QED) is 0.862. The lowest BCUT2D eigenvalue weighted by molar-refractivity contribution is 0.102. The van der Waals surface area contributed by atoms with E-state index < -0.39 is 23.2 Å². The molecule has 19 heavy (non-hydrogen) atoms. The zero-order valence-corrected chi connectivity index (χ0v) is 10.9. The molecule has 0 spiro atoms. The normalized spacial score (nSPS) is 10.3. The van der Waals surface area contributed by atoms with Crippen LogP contribution in [-0.2, 0) is 0 Å². The van der Waals surface area contributed by atoms with Gasteiger partial charge < -0.3 is 5.32 Å². The molecule has 2 aromatic rings. The minimum atomic E-state index is -0.796. The van der Waals surface area contributed by atoms with E-state index in [1.807, 2.05) is 6.26 Å². The molecule has 0 bridgehead atoms. The van der Waals surface area contributed by atoms with E-state index in [4.69, 9.17) is 0 Å². The van der Waals surface area contributed by atoms with E-state index in [2.05, 4.69) is 5.32 Å². The number of anilines is 1. The average molecular weight is 279 g/mol. The molecule has 5 heteroatoms. The second-order valence-corrected chi connectivity index (χ2v) is 4.60. The Morgan fingerprint density at radius 2 is 1.68 bits per heavy atom. The Labute approximate surface area is 113 Å². The van der Waals surface area contributed by atoms with Crippen LogP contribution in [0.25, 0.3) is 0 Å². The third-order valence-corrected chi connectivity index (χ3v) is 3.35. The Bertz CT molecular complexity index is 596. The van der Waals surface area contributed by atoms with Crippen molar-refractivity contribution in [2.24, 2.45) is 0 Å². The Hall–Kier alpha value is -1.88. The van der Waals surface area contributed by atoms with E-state index >= 15 is 0 Å². The maximum Gasteiger partial charge on any atom is 0.256 e. The van der Waals surface area contributed by atoms with Crippen molar-refractivity contribution in [2.45, 2.75) is 4.90 Å². The third kappa shape index (κ3) is 2.93. The number of hydrogen-bond acceptors (Lipinski definition) is 2. The van der Waals surface area contributed by atoms with Crippen LogP contribution in [0.2, 0.25) is 0 Å². The molecule has 1 amide bonds. The summed E-state index contributed by atoms with van der Waals surface area (Å²) in [5, 5.41) is 2.27. The summed E-state index contributed by atoms with van der Waals surface area (Å²) < 4.78 is 26.9. The van der Waals surface area contributed by atoms with Gasteiger partial charge in [-0.2, -0.15) is 0 Å². The minimum Gasteiger partial charge on any atom is -0.317 e. The zero-order chi connectivity index (χ0) is 13.8. The Morgan fingerprint density at radius 3 is 2.32 bits per heavy atom. The number of benzene rings is 2.